The fourth-order valence-corrected chi connectivity index (χ4v) is 5.47. The Balaban J connectivity index is 1.59. The van der Waals surface area contributed by atoms with Crippen LogP contribution in [0.2, 0.25) is 0 Å². The second-order valence-electron chi connectivity index (χ2n) is 10.7. The second-order valence-corrected chi connectivity index (χ2v) is 10.7. The molecule has 0 spiro atoms. The second kappa shape index (κ2) is 13.3. The Hall–Kier alpha value is -5.43. The van der Waals surface area contributed by atoms with E-state index in [9.17, 15) is 30.3 Å². The first-order valence-corrected chi connectivity index (χ1v) is 14.3. The molecular formula is C37H34O7. The van der Waals surface area contributed by atoms with Gasteiger partial charge in [-0.2, -0.15) is 0 Å². The molecule has 0 aliphatic heterocycles. The molecule has 7 heteroatoms. The molecule has 5 N–H and O–H groups in total. The minimum absolute atomic E-state index is 0.0182. The first-order chi connectivity index (χ1) is 21.3. The smallest absolute Gasteiger partial charge is 0.170 e. The van der Waals surface area contributed by atoms with Crippen LogP contribution in [-0.2, 0) is 25.7 Å². The molecule has 0 atom stereocenters. The summed E-state index contributed by atoms with van der Waals surface area (Å²) in [6.45, 7) is 0. The largest absolute Gasteiger partial charge is 0.508 e. The zero-order chi connectivity index (χ0) is 31.2. The maximum absolute atomic E-state index is 13.7. The van der Waals surface area contributed by atoms with Gasteiger partial charge in [0.25, 0.3) is 0 Å². The van der Waals surface area contributed by atoms with Crippen LogP contribution in [0.25, 0.3) is 0 Å². The summed E-state index contributed by atoms with van der Waals surface area (Å²) in [6, 6.07) is 28.1. The normalized spacial score (nSPS) is 10.9. The first-order valence-electron chi connectivity index (χ1n) is 14.3. The highest BCUT2D eigenvalue weighted by molar-refractivity contribution is 6.03. The predicted molar refractivity (Wildman–Crippen MR) is 168 cm³/mol. The maximum Gasteiger partial charge on any atom is 0.170 e. The molecule has 0 heterocycles. The van der Waals surface area contributed by atoms with E-state index in [-0.39, 0.29) is 70.5 Å². The summed E-state index contributed by atoms with van der Waals surface area (Å²) in [5.41, 5.74) is 3.60. The van der Waals surface area contributed by atoms with Crippen LogP contribution in [0.5, 0.6) is 34.5 Å². The van der Waals surface area contributed by atoms with Crippen molar-refractivity contribution in [3.8, 4) is 34.5 Å². The number of methoxy groups -OCH3 is 1. The van der Waals surface area contributed by atoms with E-state index in [2.05, 4.69) is 0 Å². The van der Waals surface area contributed by atoms with Gasteiger partial charge in [-0.3, -0.25) is 4.79 Å². The van der Waals surface area contributed by atoms with Gasteiger partial charge < -0.3 is 30.3 Å². The molecule has 0 aliphatic rings. The summed E-state index contributed by atoms with van der Waals surface area (Å²) in [6.07, 6.45) is 0.834. The van der Waals surface area contributed by atoms with E-state index in [1.165, 1.54) is 13.2 Å². The summed E-state index contributed by atoms with van der Waals surface area (Å²) < 4.78 is 5.69. The Bertz CT molecular complexity index is 1790. The Labute approximate surface area is 255 Å². The fourth-order valence-electron chi connectivity index (χ4n) is 5.47. The number of ether oxygens (including phenoxy) is 1. The highest BCUT2D eigenvalue weighted by Gasteiger charge is 2.29. The summed E-state index contributed by atoms with van der Waals surface area (Å²) in [7, 11) is 1.36. The van der Waals surface area contributed by atoms with Gasteiger partial charge in [0.2, 0.25) is 0 Å². The van der Waals surface area contributed by atoms with Gasteiger partial charge in [0.05, 0.1) is 7.11 Å². The number of phenols is 5. The molecule has 0 aromatic heterocycles. The minimum atomic E-state index is -0.415. The lowest BCUT2D eigenvalue weighted by molar-refractivity contribution is 0.0976. The number of benzene rings is 5. The fraction of sp³-hybridized carbons (Fsp3) is 0.162. The first kappa shape index (κ1) is 30.0. The van der Waals surface area contributed by atoms with Crippen molar-refractivity contribution in [2.45, 2.75) is 32.1 Å². The topological polar surface area (TPSA) is 127 Å². The summed E-state index contributed by atoms with van der Waals surface area (Å²) >= 11 is 0. The summed E-state index contributed by atoms with van der Waals surface area (Å²) in [4.78, 5) is 13.7. The molecule has 7 nitrogen and oxygen atoms in total. The van der Waals surface area contributed by atoms with E-state index < -0.39 is 5.75 Å². The van der Waals surface area contributed by atoms with Gasteiger partial charge in [-0.15, -0.1) is 0 Å². The van der Waals surface area contributed by atoms with Crippen LogP contribution in [-0.4, -0.2) is 38.4 Å². The quantitative estimate of drug-likeness (QED) is 0.107. The van der Waals surface area contributed by atoms with Crippen LogP contribution in [0.4, 0.5) is 0 Å². The van der Waals surface area contributed by atoms with Crippen LogP contribution in [0.15, 0.2) is 97.1 Å². The van der Waals surface area contributed by atoms with Gasteiger partial charge in [-0.1, -0.05) is 78.9 Å². The van der Waals surface area contributed by atoms with Gasteiger partial charge >= 0.3 is 0 Å². The Morgan fingerprint density at radius 1 is 0.591 bits per heavy atom. The number of hydrogen-bond acceptors (Lipinski definition) is 7. The van der Waals surface area contributed by atoms with Crippen LogP contribution in [0.3, 0.4) is 0 Å². The minimum Gasteiger partial charge on any atom is -0.508 e. The zero-order valence-electron chi connectivity index (χ0n) is 24.3. The highest BCUT2D eigenvalue weighted by Crippen LogP contribution is 2.46. The molecule has 0 amide bonds. The number of phenolic OH excluding ortho intramolecular Hbond substituents is 5. The van der Waals surface area contributed by atoms with Crippen molar-refractivity contribution >= 4 is 5.78 Å². The van der Waals surface area contributed by atoms with Gasteiger partial charge in [-0.25, -0.2) is 0 Å². The number of Topliss-reactive ketones (excluding diaryl/α,β-unsaturated/α-hetero) is 1. The average molecular weight is 591 g/mol. The van der Waals surface area contributed by atoms with Gasteiger partial charge in [0.15, 0.2) is 5.78 Å². The number of aryl methyl sites for hydroxylation is 1. The number of carbonyl (C=O) groups is 1. The van der Waals surface area contributed by atoms with E-state index in [0.717, 1.165) is 11.1 Å². The van der Waals surface area contributed by atoms with Crippen molar-refractivity contribution in [1.82, 2.24) is 0 Å². The van der Waals surface area contributed by atoms with Crippen LogP contribution < -0.4 is 4.74 Å². The van der Waals surface area contributed by atoms with Crippen molar-refractivity contribution in [2.24, 2.45) is 0 Å². The van der Waals surface area contributed by atoms with Crippen molar-refractivity contribution < 1.29 is 35.1 Å². The average Bonchev–Trinajstić information content (AvgIpc) is 3.03. The van der Waals surface area contributed by atoms with Crippen molar-refractivity contribution in [3.63, 3.8) is 0 Å². The third kappa shape index (κ3) is 6.47. The van der Waals surface area contributed by atoms with Crippen LogP contribution >= 0.6 is 0 Å². The third-order valence-corrected chi connectivity index (χ3v) is 7.82. The standard InChI is InChI=1S/C37H34O7/c1-44-37-29(22-27-20-24(16-17-32(27)40)19-25-11-5-7-13-30(25)38)35(42)28(21-26-12-6-8-14-31(26)39)36(43)34(37)33(41)18-15-23-9-3-2-4-10-23/h2-14,16-17,20,38-40,42-43H,15,18-19,21-22H2,1H3. The number of rotatable bonds is 11. The number of hydrogen-bond donors (Lipinski definition) is 5. The van der Waals surface area contributed by atoms with E-state index in [1.807, 2.05) is 42.5 Å². The van der Waals surface area contributed by atoms with Crippen molar-refractivity contribution in [1.29, 1.82) is 0 Å². The third-order valence-electron chi connectivity index (χ3n) is 7.82. The number of para-hydroxylation sites is 2. The van der Waals surface area contributed by atoms with E-state index in [1.54, 1.807) is 48.5 Å². The lowest BCUT2D eigenvalue weighted by Crippen LogP contribution is -2.10. The number of carbonyl (C=O) groups excluding carboxylic acids is 1. The highest BCUT2D eigenvalue weighted by atomic mass is 16.5. The molecule has 44 heavy (non-hydrogen) atoms. The molecule has 5 aromatic carbocycles. The Morgan fingerprint density at radius 3 is 1.80 bits per heavy atom. The molecule has 224 valence electrons. The SMILES string of the molecule is COc1c(Cc2cc(Cc3ccccc3O)ccc2O)c(O)c(Cc2ccccc2O)c(O)c1C(=O)CCc1ccccc1. The lowest BCUT2D eigenvalue weighted by atomic mass is 9.89. The monoisotopic (exact) mass is 590 g/mol. The maximum atomic E-state index is 13.7. The van der Waals surface area contributed by atoms with Crippen molar-refractivity contribution in [3.05, 3.63) is 142 Å². The van der Waals surface area contributed by atoms with Gasteiger partial charge in [0, 0.05) is 36.8 Å². The predicted octanol–water partition coefficient (Wildman–Crippen LogP) is 6.81. The van der Waals surface area contributed by atoms with E-state index >= 15 is 0 Å². The summed E-state index contributed by atoms with van der Waals surface area (Å²) in [5, 5.41) is 54.6. The van der Waals surface area contributed by atoms with Gasteiger partial charge in [0.1, 0.15) is 40.1 Å². The summed E-state index contributed by atoms with van der Waals surface area (Å²) in [5.74, 6) is -0.956. The van der Waals surface area contributed by atoms with E-state index in [0.29, 0.717) is 29.5 Å². The Kier molecular flexibility index (Phi) is 9.05. The van der Waals surface area contributed by atoms with Crippen LogP contribution in [0, 0.1) is 0 Å². The molecule has 0 aliphatic carbocycles. The van der Waals surface area contributed by atoms with Crippen LogP contribution in [0.1, 0.15) is 55.7 Å². The molecule has 5 rings (SSSR count). The molecule has 0 bridgehead atoms. The molecule has 0 unspecified atom stereocenters. The Morgan fingerprint density at radius 2 is 1.16 bits per heavy atom. The molecule has 5 aromatic rings. The van der Waals surface area contributed by atoms with Gasteiger partial charge in [-0.05, 0) is 52.4 Å². The molecule has 0 saturated heterocycles. The van der Waals surface area contributed by atoms with Crippen molar-refractivity contribution in [2.75, 3.05) is 7.11 Å². The molecular weight excluding hydrogens is 556 g/mol. The zero-order valence-corrected chi connectivity index (χ0v) is 24.3. The number of aromatic hydroxyl groups is 5. The molecule has 0 fully saturated rings. The number of ketones is 1. The molecule has 0 saturated carbocycles. The lowest BCUT2D eigenvalue weighted by Gasteiger charge is -2.21. The molecule has 0 radical (unpaired) electrons. The van der Waals surface area contributed by atoms with E-state index in [4.69, 9.17) is 4.74 Å².